The first-order valence-corrected chi connectivity index (χ1v) is 6.24. The molecule has 0 radical (unpaired) electrons. The molecule has 0 aromatic heterocycles. The van der Waals surface area contributed by atoms with Gasteiger partial charge in [0.05, 0.1) is 0 Å². The van der Waals surface area contributed by atoms with E-state index >= 15 is 0 Å². The van der Waals surface area contributed by atoms with Crippen molar-refractivity contribution in [2.45, 2.75) is 31.1 Å². The zero-order valence-corrected chi connectivity index (χ0v) is 9.44. The molecule has 0 saturated heterocycles. The maximum absolute atomic E-state index is 5.85. The fourth-order valence-corrected chi connectivity index (χ4v) is 2.71. The Kier molecular flexibility index (Phi) is 3.02. The third-order valence-corrected chi connectivity index (χ3v) is 4.00. The molecule has 0 aliphatic heterocycles. The fraction of sp³-hybridized carbons (Fsp3) is 0.500. The highest BCUT2D eigenvalue weighted by atomic mass is 32.2. The number of nitrogens with two attached hydrogens (primary N) is 1. The van der Waals surface area contributed by atoms with Crippen molar-refractivity contribution in [3.05, 3.63) is 23.8 Å². The summed E-state index contributed by atoms with van der Waals surface area (Å²) >= 11 is 1.95. The third kappa shape index (κ3) is 2.44. The van der Waals surface area contributed by atoms with E-state index < -0.39 is 0 Å². The van der Waals surface area contributed by atoms with Crippen LogP contribution in [0.2, 0.25) is 0 Å². The molecular weight excluding hydrogens is 190 g/mol. The molecule has 1 aliphatic rings. The lowest BCUT2D eigenvalue weighted by atomic mass is 10.2. The second-order valence-electron chi connectivity index (χ2n) is 4.05. The van der Waals surface area contributed by atoms with Crippen LogP contribution in [0.25, 0.3) is 0 Å². The number of hydrogen-bond donors (Lipinski definition) is 1. The number of rotatable bonds is 4. The van der Waals surface area contributed by atoms with Crippen molar-refractivity contribution in [3.8, 4) is 0 Å². The van der Waals surface area contributed by atoms with Crippen LogP contribution in [0.3, 0.4) is 0 Å². The first-order chi connectivity index (χ1) is 6.77. The number of nitrogen functional groups attached to an aromatic ring is 1. The Hall–Kier alpha value is -0.630. The predicted octanol–water partition coefficient (Wildman–Crippen LogP) is 3.47. The zero-order chi connectivity index (χ0) is 9.97. The molecule has 1 aromatic carbocycles. The Morgan fingerprint density at radius 1 is 1.43 bits per heavy atom. The number of thioether (sulfide) groups is 1. The standard InChI is InChI=1S/C12H17NS/c1-9-11(13)3-2-4-12(9)14-8-7-10-5-6-10/h2-4,10H,5-8,13H2,1H3. The number of anilines is 1. The zero-order valence-electron chi connectivity index (χ0n) is 8.62. The molecule has 76 valence electrons. The minimum Gasteiger partial charge on any atom is -0.398 e. The summed E-state index contributed by atoms with van der Waals surface area (Å²) in [6.07, 6.45) is 4.28. The van der Waals surface area contributed by atoms with E-state index in [2.05, 4.69) is 13.0 Å². The van der Waals surface area contributed by atoms with Crippen molar-refractivity contribution in [2.75, 3.05) is 11.5 Å². The van der Waals surface area contributed by atoms with Gasteiger partial charge in [0.1, 0.15) is 0 Å². The van der Waals surface area contributed by atoms with Gasteiger partial charge in [0.25, 0.3) is 0 Å². The highest BCUT2D eigenvalue weighted by Crippen LogP contribution is 2.35. The largest absolute Gasteiger partial charge is 0.398 e. The molecular formula is C12H17NS. The summed E-state index contributed by atoms with van der Waals surface area (Å²) < 4.78 is 0. The molecule has 2 heteroatoms. The van der Waals surface area contributed by atoms with E-state index in [1.807, 2.05) is 23.9 Å². The average Bonchev–Trinajstić information content (AvgIpc) is 2.96. The van der Waals surface area contributed by atoms with Gasteiger partial charge in [0.15, 0.2) is 0 Å². The molecule has 0 spiro atoms. The lowest BCUT2D eigenvalue weighted by Crippen LogP contribution is -1.91. The van der Waals surface area contributed by atoms with Crippen LogP contribution in [0.4, 0.5) is 5.69 Å². The van der Waals surface area contributed by atoms with Gasteiger partial charge in [-0.05, 0) is 42.7 Å². The summed E-state index contributed by atoms with van der Waals surface area (Å²) in [6.45, 7) is 2.11. The van der Waals surface area contributed by atoms with Crippen molar-refractivity contribution in [1.29, 1.82) is 0 Å². The second-order valence-corrected chi connectivity index (χ2v) is 5.19. The topological polar surface area (TPSA) is 26.0 Å². The Bertz CT molecular complexity index is 318. The molecule has 2 rings (SSSR count). The van der Waals surface area contributed by atoms with Gasteiger partial charge in [-0.25, -0.2) is 0 Å². The van der Waals surface area contributed by atoms with Gasteiger partial charge in [0.2, 0.25) is 0 Å². The van der Waals surface area contributed by atoms with Crippen molar-refractivity contribution in [1.82, 2.24) is 0 Å². The van der Waals surface area contributed by atoms with Crippen molar-refractivity contribution in [2.24, 2.45) is 5.92 Å². The second kappa shape index (κ2) is 4.26. The van der Waals surface area contributed by atoms with Crippen LogP contribution in [0.5, 0.6) is 0 Å². The molecule has 0 unspecified atom stereocenters. The smallest absolute Gasteiger partial charge is 0.0354 e. The first kappa shape index (κ1) is 9.91. The number of hydrogen-bond acceptors (Lipinski definition) is 2. The minimum atomic E-state index is 0.918. The van der Waals surface area contributed by atoms with Gasteiger partial charge >= 0.3 is 0 Å². The quantitative estimate of drug-likeness (QED) is 0.604. The Balaban J connectivity index is 1.90. The van der Waals surface area contributed by atoms with Crippen molar-refractivity contribution < 1.29 is 0 Å². The highest BCUT2D eigenvalue weighted by molar-refractivity contribution is 7.99. The van der Waals surface area contributed by atoms with Crippen LogP contribution >= 0.6 is 11.8 Å². The summed E-state index contributed by atoms with van der Waals surface area (Å²) in [4.78, 5) is 1.35. The molecule has 0 atom stereocenters. The van der Waals surface area contributed by atoms with Gasteiger partial charge in [-0.15, -0.1) is 11.8 Å². The Labute approximate surface area is 90.1 Å². The fourth-order valence-electron chi connectivity index (χ4n) is 1.53. The normalized spacial score (nSPS) is 15.8. The minimum absolute atomic E-state index is 0.918. The van der Waals surface area contributed by atoms with Crippen molar-refractivity contribution >= 4 is 17.4 Å². The Morgan fingerprint density at radius 3 is 2.93 bits per heavy atom. The molecule has 2 N–H and O–H groups in total. The number of benzene rings is 1. The summed E-state index contributed by atoms with van der Waals surface area (Å²) in [5, 5.41) is 0. The van der Waals surface area contributed by atoms with Crippen LogP contribution in [-0.2, 0) is 0 Å². The molecule has 1 saturated carbocycles. The van der Waals surface area contributed by atoms with E-state index in [0.29, 0.717) is 0 Å². The van der Waals surface area contributed by atoms with E-state index in [1.54, 1.807) is 0 Å². The van der Waals surface area contributed by atoms with E-state index in [1.165, 1.54) is 35.5 Å². The van der Waals surface area contributed by atoms with Crippen LogP contribution in [-0.4, -0.2) is 5.75 Å². The van der Waals surface area contributed by atoms with E-state index in [9.17, 15) is 0 Å². The van der Waals surface area contributed by atoms with Crippen molar-refractivity contribution in [3.63, 3.8) is 0 Å². The third-order valence-electron chi connectivity index (χ3n) is 2.81. The molecule has 14 heavy (non-hydrogen) atoms. The summed E-state index contributed by atoms with van der Waals surface area (Å²) in [5.41, 5.74) is 8.01. The summed E-state index contributed by atoms with van der Waals surface area (Å²) in [5.74, 6) is 2.28. The maximum Gasteiger partial charge on any atom is 0.0354 e. The Morgan fingerprint density at radius 2 is 2.21 bits per heavy atom. The van der Waals surface area contributed by atoms with E-state index in [0.717, 1.165) is 11.6 Å². The molecule has 1 nitrogen and oxygen atoms in total. The summed E-state index contributed by atoms with van der Waals surface area (Å²) in [6, 6.07) is 6.19. The molecule has 0 heterocycles. The van der Waals surface area contributed by atoms with Gasteiger partial charge in [-0.3, -0.25) is 0 Å². The van der Waals surface area contributed by atoms with Gasteiger partial charge in [-0.1, -0.05) is 18.9 Å². The molecule has 1 aromatic rings. The van der Waals surface area contributed by atoms with Crippen LogP contribution < -0.4 is 5.73 Å². The van der Waals surface area contributed by atoms with E-state index in [4.69, 9.17) is 5.73 Å². The van der Waals surface area contributed by atoms with Gasteiger partial charge < -0.3 is 5.73 Å². The van der Waals surface area contributed by atoms with Gasteiger partial charge in [0, 0.05) is 10.6 Å². The van der Waals surface area contributed by atoms with Gasteiger partial charge in [-0.2, -0.15) is 0 Å². The molecule has 0 bridgehead atoms. The monoisotopic (exact) mass is 207 g/mol. The SMILES string of the molecule is Cc1c(N)cccc1SCCC1CC1. The lowest BCUT2D eigenvalue weighted by Gasteiger charge is -2.07. The van der Waals surface area contributed by atoms with Crippen LogP contribution in [0.15, 0.2) is 23.1 Å². The molecule has 1 aliphatic carbocycles. The van der Waals surface area contributed by atoms with Crippen LogP contribution in [0.1, 0.15) is 24.8 Å². The predicted molar refractivity (Wildman–Crippen MR) is 63.7 cm³/mol. The first-order valence-electron chi connectivity index (χ1n) is 5.25. The average molecular weight is 207 g/mol. The maximum atomic E-state index is 5.85. The van der Waals surface area contributed by atoms with Crippen LogP contribution in [0, 0.1) is 12.8 Å². The molecule has 1 fully saturated rings. The van der Waals surface area contributed by atoms with E-state index in [-0.39, 0.29) is 0 Å². The highest BCUT2D eigenvalue weighted by Gasteiger charge is 2.20. The summed E-state index contributed by atoms with van der Waals surface area (Å²) in [7, 11) is 0. The lowest BCUT2D eigenvalue weighted by molar-refractivity contribution is 0.809. The molecule has 0 amide bonds.